The Morgan fingerprint density at radius 2 is 1.92 bits per heavy atom. The summed E-state index contributed by atoms with van der Waals surface area (Å²) in [6.45, 7) is 2.09. The van der Waals surface area contributed by atoms with Crippen LogP contribution in [0.25, 0.3) is 22.2 Å². The van der Waals surface area contributed by atoms with Gasteiger partial charge in [-0.25, -0.2) is 4.98 Å². The molecule has 0 spiro atoms. The SMILES string of the molecule is COc1ccc2[nH]cc(-c3cnc(C(C)c4ccc(O)cc4)[nH]3)c2c1. The number of imidazole rings is 1. The minimum atomic E-state index is 0.106. The summed E-state index contributed by atoms with van der Waals surface area (Å²) in [5, 5.41) is 10.5. The molecule has 0 fully saturated rings. The highest BCUT2D eigenvalue weighted by Gasteiger charge is 2.15. The van der Waals surface area contributed by atoms with Crippen molar-refractivity contribution in [1.29, 1.82) is 0 Å². The molecule has 0 radical (unpaired) electrons. The van der Waals surface area contributed by atoms with Crippen LogP contribution in [0.15, 0.2) is 54.9 Å². The Hall–Kier alpha value is -3.21. The molecule has 1 unspecified atom stereocenters. The van der Waals surface area contributed by atoms with Gasteiger partial charge in [0.25, 0.3) is 0 Å². The number of aromatic nitrogens is 3. The van der Waals surface area contributed by atoms with Gasteiger partial charge in [-0.15, -0.1) is 0 Å². The fourth-order valence-electron chi connectivity index (χ4n) is 3.06. The lowest BCUT2D eigenvalue weighted by molar-refractivity contribution is 0.415. The van der Waals surface area contributed by atoms with E-state index in [0.717, 1.165) is 39.3 Å². The highest BCUT2D eigenvalue weighted by atomic mass is 16.5. The van der Waals surface area contributed by atoms with E-state index in [1.54, 1.807) is 19.2 Å². The first kappa shape index (κ1) is 15.3. The number of hydrogen-bond donors (Lipinski definition) is 3. The highest BCUT2D eigenvalue weighted by Crippen LogP contribution is 2.32. The minimum Gasteiger partial charge on any atom is -0.508 e. The number of phenolic OH excluding ortho intramolecular Hbond substituents is 1. The van der Waals surface area contributed by atoms with Gasteiger partial charge >= 0.3 is 0 Å². The maximum Gasteiger partial charge on any atom is 0.119 e. The maximum atomic E-state index is 9.44. The van der Waals surface area contributed by atoms with E-state index < -0.39 is 0 Å². The van der Waals surface area contributed by atoms with Gasteiger partial charge in [0.05, 0.1) is 19.0 Å². The standard InChI is InChI=1S/C20H19N3O2/c1-12(13-3-5-14(24)6-4-13)20-22-11-19(23-20)17-10-21-18-8-7-15(25-2)9-16(17)18/h3-12,21,24H,1-2H3,(H,22,23). The van der Waals surface area contributed by atoms with E-state index in [1.807, 2.05) is 42.7 Å². The molecule has 5 nitrogen and oxygen atoms in total. The first-order chi connectivity index (χ1) is 12.2. The van der Waals surface area contributed by atoms with E-state index in [9.17, 15) is 5.11 Å². The molecule has 2 heterocycles. The molecule has 2 aromatic heterocycles. The molecule has 0 aliphatic rings. The Labute approximate surface area is 145 Å². The monoisotopic (exact) mass is 333 g/mol. The Morgan fingerprint density at radius 1 is 1.12 bits per heavy atom. The number of fused-ring (bicyclic) bond motifs is 1. The van der Waals surface area contributed by atoms with Crippen molar-refractivity contribution in [1.82, 2.24) is 15.0 Å². The molecular weight excluding hydrogens is 314 g/mol. The largest absolute Gasteiger partial charge is 0.508 e. The third-order valence-electron chi connectivity index (χ3n) is 4.58. The summed E-state index contributed by atoms with van der Waals surface area (Å²) in [6.07, 6.45) is 3.83. The van der Waals surface area contributed by atoms with E-state index in [4.69, 9.17) is 4.74 Å². The van der Waals surface area contributed by atoms with Gasteiger partial charge in [-0.1, -0.05) is 19.1 Å². The van der Waals surface area contributed by atoms with E-state index >= 15 is 0 Å². The van der Waals surface area contributed by atoms with E-state index in [-0.39, 0.29) is 11.7 Å². The number of nitrogens with zero attached hydrogens (tertiary/aromatic N) is 1. The van der Waals surface area contributed by atoms with Crippen LogP contribution in [0.2, 0.25) is 0 Å². The highest BCUT2D eigenvalue weighted by molar-refractivity contribution is 5.95. The summed E-state index contributed by atoms with van der Waals surface area (Å²) in [7, 11) is 1.67. The summed E-state index contributed by atoms with van der Waals surface area (Å²) >= 11 is 0. The van der Waals surface area contributed by atoms with E-state index in [1.165, 1.54) is 0 Å². The average molecular weight is 333 g/mol. The molecule has 3 N–H and O–H groups in total. The van der Waals surface area contributed by atoms with Gasteiger partial charge in [-0.05, 0) is 35.9 Å². The second-order valence-electron chi connectivity index (χ2n) is 6.11. The van der Waals surface area contributed by atoms with Crippen LogP contribution in [0.5, 0.6) is 11.5 Å². The molecule has 0 aliphatic heterocycles. The minimum absolute atomic E-state index is 0.106. The van der Waals surface area contributed by atoms with Crippen LogP contribution in [-0.2, 0) is 0 Å². The zero-order valence-electron chi connectivity index (χ0n) is 14.1. The smallest absolute Gasteiger partial charge is 0.119 e. The van der Waals surface area contributed by atoms with Crippen LogP contribution in [0.3, 0.4) is 0 Å². The quantitative estimate of drug-likeness (QED) is 0.517. The Bertz CT molecular complexity index is 1020. The third-order valence-corrected chi connectivity index (χ3v) is 4.58. The van der Waals surface area contributed by atoms with Crippen molar-refractivity contribution in [3.05, 3.63) is 66.2 Å². The lowest BCUT2D eigenvalue weighted by Gasteiger charge is -2.09. The molecule has 4 rings (SSSR count). The first-order valence-electron chi connectivity index (χ1n) is 8.15. The van der Waals surface area contributed by atoms with Crippen LogP contribution in [0.1, 0.15) is 24.2 Å². The number of methoxy groups -OCH3 is 1. The molecule has 2 aromatic carbocycles. The Balaban J connectivity index is 1.70. The van der Waals surface area contributed by atoms with Gasteiger partial charge < -0.3 is 19.8 Å². The van der Waals surface area contributed by atoms with Crippen LogP contribution < -0.4 is 4.74 Å². The summed E-state index contributed by atoms with van der Waals surface area (Å²) in [4.78, 5) is 11.3. The van der Waals surface area contributed by atoms with Crippen LogP contribution in [0.4, 0.5) is 0 Å². The van der Waals surface area contributed by atoms with Crippen molar-refractivity contribution in [2.75, 3.05) is 7.11 Å². The number of nitrogens with one attached hydrogen (secondary N) is 2. The zero-order valence-corrected chi connectivity index (χ0v) is 14.1. The third kappa shape index (κ3) is 2.74. The molecule has 5 heteroatoms. The molecule has 0 saturated carbocycles. The number of H-pyrrole nitrogens is 2. The maximum absolute atomic E-state index is 9.44. The predicted octanol–water partition coefficient (Wildman–Crippen LogP) is 4.42. The van der Waals surface area contributed by atoms with E-state index in [0.29, 0.717) is 0 Å². The first-order valence-corrected chi connectivity index (χ1v) is 8.15. The predicted molar refractivity (Wildman–Crippen MR) is 98.1 cm³/mol. The van der Waals surface area contributed by atoms with Crippen molar-refractivity contribution < 1.29 is 9.84 Å². The number of ether oxygens (including phenoxy) is 1. The molecular formula is C20H19N3O2. The summed E-state index contributed by atoms with van der Waals surface area (Å²) in [6, 6.07) is 13.2. The summed E-state index contributed by atoms with van der Waals surface area (Å²) in [5.74, 6) is 2.08. The topological polar surface area (TPSA) is 73.9 Å². The van der Waals surface area contributed by atoms with Gasteiger partial charge in [0.15, 0.2) is 0 Å². The summed E-state index contributed by atoms with van der Waals surface area (Å²) < 4.78 is 5.33. The summed E-state index contributed by atoms with van der Waals surface area (Å²) in [5.41, 5.74) is 4.17. The lowest BCUT2D eigenvalue weighted by atomic mass is 10.0. The van der Waals surface area contributed by atoms with Gasteiger partial charge in [-0.2, -0.15) is 0 Å². The number of benzene rings is 2. The second-order valence-corrected chi connectivity index (χ2v) is 6.11. The fourth-order valence-corrected chi connectivity index (χ4v) is 3.06. The fraction of sp³-hybridized carbons (Fsp3) is 0.150. The molecule has 0 saturated heterocycles. The number of rotatable bonds is 4. The van der Waals surface area contributed by atoms with Crippen molar-refractivity contribution in [3.8, 4) is 22.8 Å². The molecule has 126 valence electrons. The Kier molecular flexibility index (Phi) is 3.69. The zero-order chi connectivity index (χ0) is 17.4. The van der Waals surface area contributed by atoms with Gasteiger partial charge in [-0.3, -0.25) is 0 Å². The van der Waals surface area contributed by atoms with Gasteiger partial charge in [0.1, 0.15) is 17.3 Å². The average Bonchev–Trinajstić information content (AvgIpc) is 3.27. The van der Waals surface area contributed by atoms with Crippen LogP contribution in [-0.4, -0.2) is 27.2 Å². The molecule has 1 atom stereocenters. The van der Waals surface area contributed by atoms with Crippen molar-refractivity contribution >= 4 is 10.9 Å². The van der Waals surface area contributed by atoms with Crippen molar-refractivity contribution in [3.63, 3.8) is 0 Å². The second kappa shape index (κ2) is 6.02. The molecule has 0 aliphatic carbocycles. The number of phenols is 1. The number of aromatic hydroxyl groups is 1. The van der Waals surface area contributed by atoms with Crippen LogP contribution in [0, 0.1) is 0 Å². The molecule has 0 amide bonds. The van der Waals surface area contributed by atoms with Crippen molar-refractivity contribution in [2.24, 2.45) is 0 Å². The van der Waals surface area contributed by atoms with Crippen LogP contribution >= 0.6 is 0 Å². The number of aromatic amines is 2. The van der Waals surface area contributed by atoms with Gasteiger partial charge in [0.2, 0.25) is 0 Å². The molecule has 25 heavy (non-hydrogen) atoms. The normalized spacial score (nSPS) is 12.4. The lowest BCUT2D eigenvalue weighted by Crippen LogP contribution is -1.98. The van der Waals surface area contributed by atoms with E-state index in [2.05, 4.69) is 21.9 Å². The van der Waals surface area contributed by atoms with Crippen molar-refractivity contribution in [2.45, 2.75) is 12.8 Å². The molecule has 4 aromatic rings. The Morgan fingerprint density at radius 3 is 2.68 bits per heavy atom. The number of hydrogen-bond acceptors (Lipinski definition) is 3. The molecule has 0 bridgehead atoms. The van der Waals surface area contributed by atoms with Gasteiger partial charge in [0, 0.05) is 28.6 Å².